The van der Waals surface area contributed by atoms with Crippen LogP contribution in [0.2, 0.25) is 0 Å². The first-order valence-corrected chi connectivity index (χ1v) is 9.23. The predicted molar refractivity (Wildman–Crippen MR) is 107 cm³/mol. The van der Waals surface area contributed by atoms with Gasteiger partial charge in [-0.2, -0.15) is 0 Å². The molecule has 1 aliphatic rings. The number of benzene rings is 2. The average molecular weight is 464 g/mol. The molecule has 25 heavy (non-hydrogen) atoms. The fraction of sp³-hybridized carbons (Fsp3) is 0.150. The normalized spacial score (nSPS) is 16.9. The van der Waals surface area contributed by atoms with Crippen molar-refractivity contribution >= 4 is 49.8 Å². The number of hydrogen-bond donors (Lipinski definition) is 0. The van der Waals surface area contributed by atoms with Crippen molar-refractivity contribution in [2.45, 2.75) is 6.42 Å². The molecule has 0 aromatic heterocycles. The second-order valence-corrected chi connectivity index (χ2v) is 7.33. The summed E-state index contributed by atoms with van der Waals surface area (Å²) in [6, 6.07) is 11.4. The predicted octanol–water partition coefficient (Wildman–Crippen LogP) is 5.67. The summed E-state index contributed by atoms with van der Waals surface area (Å²) in [6.45, 7) is 0. The Bertz CT molecular complexity index is 826. The highest BCUT2D eigenvalue weighted by atomic mass is 79.9. The van der Waals surface area contributed by atoms with Crippen LogP contribution in [0.1, 0.15) is 17.5 Å². The molecule has 2 aromatic rings. The second-order valence-electron chi connectivity index (χ2n) is 5.62. The minimum Gasteiger partial charge on any atom is -0.497 e. The van der Waals surface area contributed by atoms with E-state index in [2.05, 4.69) is 31.9 Å². The number of hydrogen-bond acceptors (Lipinski definition) is 3. The van der Waals surface area contributed by atoms with Crippen molar-refractivity contribution in [1.29, 1.82) is 0 Å². The lowest BCUT2D eigenvalue weighted by atomic mass is 9.82. The number of allylic oxidation sites excluding steroid dienone is 2. The van der Waals surface area contributed by atoms with E-state index >= 15 is 0 Å². The van der Waals surface area contributed by atoms with E-state index in [-0.39, 0.29) is 5.78 Å². The summed E-state index contributed by atoms with van der Waals surface area (Å²) in [5, 5.41) is 0. The van der Waals surface area contributed by atoms with E-state index in [4.69, 9.17) is 9.47 Å². The van der Waals surface area contributed by atoms with E-state index in [1.54, 1.807) is 14.2 Å². The first kappa shape index (κ1) is 18.0. The van der Waals surface area contributed by atoms with Crippen molar-refractivity contribution in [3.05, 3.63) is 67.6 Å². The fourth-order valence-electron chi connectivity index (χ4n) is 2.59. The Morgan fingerprint density at radius 3 is 1.64 bits per heavy atom. The molecule has 0 atom stereocenters. The van der Waals surface area contributed by atoms with Crippen LogP contribution in [-0.2, 0) is 4.79 Å². The number of ether oxygens (including phenoxy) is 2. The van der Waals surface area contributed by atoms with Gasteiger partial charge in [0.2, 0.25) is 0 Å². The van der Waals surface area contributed by atoms with Crippen LogP contribution in [-0.4, -0.2) is 20.0 Å². The number of carbonyl (C=O) groups excluding carboxylic acids is 1. The molecule has 3 nitrogen and oxygen atoms in total. The van der Waals surface area contributed by atoms with E-state index in [9.17, 15) is 4.79 Å². The average Bonchev–Trinajstić information content (AvgIpc) is 2.63. The summed E-state index contributed by atoms with van der Waals surface area (Å²) in [6.07, 6.45) is 4.46. The Morgan fingerprint density at radius 2 is 1.28 bits per heavy atom. The summed E-state index contributed by atoms with van der Waals surface area (Å²) < 4.78 is 12.3. The first-order valence-electron chi connectivity index (χ1n) is 7.64. The molecule has 0 saturated heterocycles. The summed E-state index contributed by atoms with van der Waals surface area (Å²) in [5.74, 6) is 1.60. The molecule has 0 unspecified atom stereocenters. The van der Waals surface area contributed by atoms with Gasteiger partial charge in [0, 0.05) is 26.5 Å². The van der Waals surface area contributed by atoms with Gasteiger partial charge in [-0.3, -0.25) is 4.79 Å². The lowest BCUT2D eigenvalue weighted by Crippen LogP contribution is -2.18. The maximum absolute atomic E-state index is 12.5. The number of methoxy groups -OCH3 is 2. The number of halogens is 2. The van der Waals surface area contributed by atoms with Crippen molar-refractivity contribution in [3.8, 4) is 11.5 Å². The third-order valence-corrected chi connectivity index (χ3v) is 5.47. The lowest BCUT2D eigenvalue weighted by Gasteiger charge is -2.20. The lowest BCUT2D eigenvalue weighted by molar-refractivity contribution is -0.114. The van der Waals surface area contributed by atoms with E-state index in [1.807, 2.05) is 48.6 Å². The maximum atomic E-state index is 12.5. The molecule has 3 rings (SSSR count). The molecule has 1 fully saturated rings. The van der Waals surface area contributed by atoms with Gasteiger partial charge >= 0.3 is 0 Å². The third kappa shape index (κ3) is 3.88. The molecule has 1 aliphatic carbocycles. The van der Waals surface area contributed by atoms with Crippen molar-refractivity contribution < 1.29 is 14.3 Å². The van der Waals surface area contributed by atoms with E-state index in [1.165, 1.54) is 0 Å². The Morgan fingerprint density at radius 1 is 0.840 bits per heavy atom. The molecule has 128 valence electrons. The largest absolute Gasteiger partial charge is 0.497 e. The third-order valence-electron chi connectivity index (χ3n) is 4.03. The molecule has 0 bridgehead atoms. The molecular formula is C20H16Br2O3. The van der Waals surface area contributed by atoms with Gasteiger partial charge in [0.15, 0.2) is 5.78 Å². The smallest absolute Gasteiger partial charge is 0.185 e. The molecule has 1 saturated carbocycles. The molecule has 0 amide bonds. The van der Waals surface area contributed by atoms with Gasteiger partial charge in [0.25, 0.3) is 0 Å². The molecule has 0 radical (unpaired) electrons. The van der Waals surface area contributed by atoms with E-state index < -0.39 is 0 Å². The Labute approximate surface area is 163 Å². The Balaban J connectivity index is 1.84. The summed E-state index contributed by atoms with van der Waals surface area (Å²) in [5.41, 5.74) is 3.45. The van der Waals surface area contributed by atoms with Gasteiger partial charge in [-0.1, -0.05) is 31.9 Å². The van der Waals surface area contributed by atoms with Crippen molar-refractivity contribution in [2.24, 2.45) is 0 Å². The molecule has 0 N–H and O–H groups in total. The molecular weight excluding hydrogens is 448 g/mol. The number of rotatable bonds is 4. The van der Waals surface area contributed by atoms with Crippen LogP contribution in [0, 0.1) is 0 Å². The zero-order valence-corrected chi connectivity index (χ0v) is 17.0. The van der Waals surface area contributed by atoms with Crippen LogP contribution >= 0.6 is 31.9 Å². The summed E-state index contributed by atoms with van der Waals surface area (Å²) in [4.78, 5) is 12.5. The van der Waals surface area contributed by atoms with Crippen LogP contribution in [0.25, 0.3) is 12.2 Å². The van der Waals surface area contributed by atoms with Crippen LogP contribution in [0.5, 0.6) is 11.5 Å². The van der Waals surface area contributed by atoms with Gasteiger partial charge < -0.3 is 9.47 Å². The second kappa shape index (κ2) is 7.58. The van der Waals surface area contributed by atoms with E-state index in [0.717, 1.165) is 42.7 Å². The highest BCUT2D eigenvalue weighted by molar-refractivity contribution is 9.10. The van der Waals surface area contributed by atoms with Gasteiger partial charge in [-0.05, 0) is 59.7 Å². The summed E-state index contributed by atoms with van der Waals surface area (Å²) >= 11 is 7.02. The standard InChI is InChI=1S/C20H16Br2O3/c1-24-16-3-5-18(21)12(10-16)7-14-9-15(20(14)23)8-13-11-17(25-2)4-6-19(13)22/h3-8,10-11H,9H2,1-2H3/b14-7+,15-8+. The summed E-state index contributed by atoms with van der Waals surface area (Å²) in [7, 11) is 3.25. The first-order chi connectivity index (χ1) is 12.0. The Kier molecular flexibility index (Phi) is 5.45. The van der Waals surface area contributed by atoms with Crippen molar-refractivity contribution in [2.75, 3.05) is 14.2 Å². The zero-order chi connectivity index (χ0) is 18.0. The minimum atomic E-state index is 0.0736. The zero-order valence-electron chi connectivity index (χ0n) is 13.8. The van der Waals surface area contributed by atoms with E-state index in [0.29, 0.717) is 6.42 Å². The maximum Gasteiger partial charge on any atom is 0.185 e. The molecule has 2 aromatic carbocycles. The van der Waals surface area contributed by atoms with Crippen LogP contribution in [0.4, 0.5) is 0 Å². The van der Waals surface area contributed by atoms with Crippen molar-refractivity contribution in [3.63, 3.8) is 0 Å². The fourth-order valence-corrected chi connectivity index (χ4v) is 3.31. The number of carbonyl (C=O) groups is 1. The monoisotopic (exact) mass is 462 g/mol. The van der Waals surface area contributed by atoms with Gasteiger partial charge in [-0.15, -0.1) is 0 Å². The number of ketones is 1. The number of Topliss-reactive ketones (excluding diaryl/α,β-unsaturated/α-hetero) is 1. The highest BCUT2D eigenvalue weighted by Gasteiger charge is 2.27. The quantitative estimate of drug-likeness (QED) is 0.548. The van der Waals surface area contributed by atoms with Gasteiger partial charge in [0.05, 0.1) is 14.2 Å². The Hall–Kier alpha value is -1.85. The van der Waals surface area contributed by atoms with Crippen LogP contribution in [0.15, 0.2) is 56.5 Å². The molecule has 0 aliphatic heterocycles. The van der Waals surface area contributed by atoms with Crippen LogP contribution in [0.3, 0.4) is 0 Å². The van der Waals surface area contributed by atoms with Crippen LogP contribution < -0.4 is 9.47 Å². The van der Waals surface area contributed by atoms with Gasteiger partial charge in [-0.25, -0.2) is 0 Å². The highest BCUT2D eigenvalue weighted by Crippen LogP contribution is 2.35. The minimum absolute atomic E-state index is 0.0736. The topological polar surface area (TPSA) is 35.5 Å². The SMILES string of the molecule is COc1ccc(Br)c(/C=C2\C/C(=C\c3cc(OC)ccc3Br)C2=O)c1. The molecule has 0 spiro atoms. The molecule has 0 heterocycles. The molecule has 5 heteroatoms. The van der Waals surface area contributed by atoms with Crippen molar-refractivity contribution in [1.82, 2.24) is 0 Å². The van der Waals surface area contributed by atoms with Gasteiger partial charge in [0.1, 0.15) is 11.5 Å².